The van der Waals surface area contributed by atoms with E-state index in [4.69, 9.17) is 18.0 Å². The molecule has 0 fully saturated rings. The van der Waals surface area contributed by atoms with Crippen LogP contribution in [0.1, 0.15) is 13.8 Å². The molecule has 0 aromatic carbocycles. The van der Waals surface area contributed by atoms with Crippen LogP contribution in [0.4, 0.5) is 11.5 Å². The van der Waals surface area contributed by atoms with Gasteiger partial charge in [-0.05, 0) is 30.3 Å². The molecule has 0 saturated carbocycles. The summed E-state index contributed by atoms with van der Waals surface area (Å²) in [5.74, 6) is 1.07. The fourth-order valence-electron chi connectivity index (χ4n) is 0.951. The average molecular weight is 224 g/mol. The molecule has 0 amide bonds. The van der Waals surface area contributed by atoms with Crippen molar-refractivity contribution in [1.29, 1.82) is 0 Å². The Kier molecular flexibility index (Phi) is 4.30. The zero-order chi connectivity index (χ0) is 11.3. The van der Waals surface area contributed by atoms with Gasteiger partial charge in [0.05, 0.1) is 11.9 Å². The SMILES string of the molecule is CC(C)CNC(=S)Nc1ccc(N)nc1. The van der Waals surface area contributed by atoms with E-state index in [2.05, 4.69) is 29.5 Å². The molecule has 0 aliphatic carbocycles. The minimum absolute atomic E-state index is 0.501. The summed E-state index contributed by atoms with van der Waals surface area (Å²) < 4.78 is 0. The van der Waals surface area contributed by atoms with Gasteiger partial charge in [-0.15, -0.1) is 0 Å². The topological polar surface area (TPSA) is 63.0 Å². The third-order valence-corrected chi connectivity index (χ3v) is 1.96. The first kappa shape index (κ1) is 11.7. The molecule has 5 heteroatoms. The zero-order valence-electron chi connectivity index (χ0n) is 8.95. The van der Waals surface area contributed by atoms with E-state index in [-0.39, 0.29) is 0 Å². The number of nitrogens with one attached hydrogen (secondary N) is 2. The normalized spacial score (nSPS) is 10.1. The van der Waals surface area contributed by atoms with Crippen LogP contribution in [0.25, 0.3) is 0 Å². The Balaban J connectivity index is 2.41. The lowest BCUT2D eigenvalue weighted by atomic mass is 10.2. The first-order valence-electron chi connectivity index (χ1n) is 4.84. The van der Waals surface area contributed by atoms with E-state index in [1.807, 2.05) is 6.07 Å². The van der Waals surface area contributed by atoms with Crippen LogP contribution in [0.2, 0.25) is 0 Å². The van der Waals surface area contributed by atoms with Crippen LogP contribution in [-0.2, 0) is 0 Å². The molecular weight excluding hydrogens is 208 g/mol. The highest BCUT2D eigenvalue weighted by Crippen LogP contribution is 2.06. The van der Waals surface area contributed by atoms with E-state index in [9.17, 15) is 0 Å². The number of thiocarbonyl (C=S) groups is 1. The molecule has 1 aromatic heterocycles. The van der Waals surface area contributed by atoms with Gasteiger partial charge in [-0.3, -0.25) is 0 Å². The third-order valence-electron chi connectivity index (χ3n) is 1.72. The Bertz CT molecular complexity index is 321. The molecule has 0 atom stereocenters. The van der Waals surface area contributed by atoms with Crippen molar-refractivity contribution in [2.24, 2.45) is 5.92 Å². The van der Waals surface area contributed by atoms with Crippen LogP contribution in [0, 0.1) is 5.92 Å². The molecular formula is C10H16N4S. The second-order valence-corrected chi connectivity index (χ2v) is 4.11. The Morgan fingerprint density at radius 3 is 2.80 bits per heavy atom. The van der Waals surface area contributed by atoms with Crippen LogP contribution in [0.15, 0.2) is 18.3 Å². The minimum Gasteiger partial charge on any atom is -0.384 e. The van der Waals surface area contributed by atoms with Crippen molar-refractivity contribution in [2.45, 2.75) is 13.8 Å². The van der Waals surface area contributed by atoms with Crippen molar-refractivity contribution < 1.29 is 0 Å². The van der Waals surface area contributed by atoms with E-state index in [0.29, 0.717) is 16.8 Å². The maximum atomic E-state index is 5.47. The highest BCUT2D eigenvalue weighted by molar-refractivity contribution is 7.80. The number of nitrogens with two attached hydrogens (primary N) is 1. The van der Waals surface area contributed by atoms with Crippen molar-refractivity contribution in [3.8, 4) is 0 Å². The second kappa shape index (κ2) is 5.50. The molecule has 0 bridgehead atoms. The number of nitrogen functional groups attached to an aromatic ring is 1. The lowest BCUT2D eigenvalue weighted by Gasteiger charge is -2.11. The van der Waals surface area contributed by atoms with Gasteiger partial charge in [0.15, 0.2) is 5.11 Å². The summed E-state index contributed by atoms with van der Waals surface area (Å²) in [6.45, 7) is 5.11. The van der Waals surface area contributed by atoms with E-state index in [1.165, 1.54) is 0 Å². The Hall–Kier alpha value is -1.36. The smallest absolute Gasteiger partial charge is 0.170 e. The van der Waals surface area contributed by atoms with Crippen LogP contribution in [0.3, 0.4) is 0 Å². The predicted molar refractivity (Wildman–Crippen MR) is 67.7 cm³/mol. The van der Waals surface area contributed by atoms with Crippen LogP contribution >= 0.6 is 12.2 Å². The minimum atomic E-state index is 0.501. The summed E-state index contributed by atoms with van der Waals surface area (Å²) in [4.78, 5) is 3.96. The van der Waals surface area contributed by atoms with Gasteiger partial charge in [0.1, 0.15) is 5.82 Å². The average Bonchev–Trinajstić information content (AvgIpc) is 2.19. The maximum absolute atomic E-state index is 5.47. The molecule has 0 spiro atoms. The molecule has 0 saturated heterocycles. The zero-order valence-corrected chi connectivity index (χ0v) is 9.77. The second-order valence-electron chi connectivity index (χ2n) is 3.70. The van der Waals surface area contributed by atoms with E-state index >= 15 is 0 Å². The van der Waals surface area contributed by atoms with Crippen molar-refractivity contribution >= 4 is 28.8 Å². The molecule has 1 aromatic rings. The van der Waals surface area contributed by atoms with Gasteiger partial charge in [-0.2, -0.15) is 0 Å². The van der Waals surface area contributed by atoms with Gasteiger partial charge in [-0.25, -0.2) is 4.98 Å². The third kappa shape index (κ3) is 4.60. The summed E-state index contributed by atoms with van der Waals surface area (Å²) in [7, 11) is 0. The molecule has 0 aliphatic rings. The predicted octanol–water partition coefficient (Wildman–Crippen LogP) is 1.61. The van der Waals surface area contributed by atoms with Crippen LogP contribution < -0.4 is 16.4 Å². The largest absolute Gasteiger partial charge is 0.384 e. The summed E-state index contributed by atoms with van der Waals surface area (Å²) in [5, 5.41) is 6.74. The van der Waals surface area contributed by atoms with Gasteiger partial charge in [0, 0.05) is 6.54 Å². The van der Waals surface area contributed by atoms with Crippen LogP contribution in [-0.4, -0.2) is 16.6 Å². The quantitative estimate of drug-likeness (QED) is 0.681. The number of aromatic nitrogens is 1. The van der Waals surface area contributed by atoms with Crippen molar-refractivity contribution in [2.75, 3.05) is 17.6 Å². The Morgan fingerprint density at radius 1 is 1.53 bits per heavy atom. The molecule has 82 valence electrons. The van der Waals surface area contributed by atoms with Crippen molar-refractivity contribution in [1.82, 2.24) is 10.3 Å². The van der Waals surface area contributed by atoms with E-state index in [0.717, 1.165) is 12.2 Å². The lowest BCUT2D eigenvalue weighted by Crippen LogP contribution is -2.31. The molecule has 15 heavy (non-hydrogen) atoms. The molecule has 0 aliphatic heterocycles. The molecule has 0 unspecified atom stereocenters. The first-order chi connectivity index (χ1) is 7.08. The first-order valence-corrected chi connectivity index (χ1v) is 5.25. The summed E-state index contributed by atoms with van der Waals surface area (Å²) >= 11 is 5.11. The van der Waals surface area contributed by atoms with Crippen molar-refractivity contribution in [3.05, 3.63) is 18.3 Å². The maximum Gasteiger partial charge on any atom is 0.170 e. The van der Waals surface area contributed by atoms with E-state index in [1.54, 1.807) is 12.3 Å². The fourth-order valence-corrected chi connectivity index (χ4v) is 1.15. The molecule has 1 heterocycles. The van der Waals surface area contributed by atoms with Gasteiger partial charge in [-0.1, -0.05) is 13.8 Å². The number of rotatable bonds is 3. The van der Waals surface area contributed by atoms with Gasteiger partial charge in [0.2, 0.25) is 0 Å². The number of anilines is 2. The van der Waals surface area contributed by atoms with Crippen molar-refractivity contribution in [3.63, 3.8) is 0 Å². The summed E-state index contributed by atoms with van der Waals surface area (Å²) in [5.41, 5.74) is 6.31. The molecule has 4 nitrogen and oxygen atoms in total. The number of hydrogen-bond acceptors (Lipinski definition) is 3. The van der Waals surface area contributed by atoms with E-state index < -0.39 is 0 Å². The van der Waals surface area contributed by atoms with Gasteiger partial charge < -0.3 is 16.4 Å². The monoisotopic (exact) mass is 224 g/mol. The highest BCUT2D eigenvalue weighted by atomic mass is 32.1. The number of pyridine rings is 1. The molecule has 1 rings (SSSR count). The molecule has 4 N–H and O–H groups in total. The van der Waals surface area contributed by atoms with Crippen LogP contribution in [0.5, 0.6) is 0 Å². The fraction of sp³-hybridized carbons (Fsp3) is 0.400. The Labute approximate surface area is 95.3 Å². The summed E-state index contributed by atoms with van der Waals surface area (Å²) in [6, 6.07) is 3.57. The lowest BCUT2D eigenvalue weighted by molar-refractivity contribution is 0.627. The van der Waals surface area contributed by atoms with Gasteiger partial charge in [0.25, 0.3) is 0 Å². The highest BCUT2D eigenvalue weighted by Gasteiger charge is 1.98. The Morgan fingerprint density at radius 2 is 2.27 bits per heavy atom. The number of nitrogens with zero attached hydrogens (tertiary/aromatic N) is 1. The standard InChI is InChI=1S/C10H16N4S/c1-7(2)5-13-10(15)14-8-3-4-9(11)12-6-8/h3-4,6-7H,5H2,1-2H3,(H2,11,12)(H2,13,14,15). The summed E-state index contributed by atoms with van der Waals surface area (Å²) in [6.07, 6.45) is 1.65. The number of hydrogen-bond donors (Lipinski definition) is 3. The van der Waals surface area contributed by atoms with Gasteiger partial charge >= 0.3 is 0 Å². The molecule has 0 radical (unpaired) electrons.